The smallest absolute Gasteiger partial charge is 0.0244 e. The first-order valence-electron chi connectivity index (χ1n) is 7.89. The van der Waals surface area contributed by atoms with Gasteiger partial charge in [0.05, 0.1) is 0 Å². The van der Waals surface area contributed by atoms with Gasteiger partial charge >= 0.3 is 0 Å². The fraction of sp³-hybridized carbons (Fsp3) is 1.00. The molecule has 108 valence electrons. The van der Waals surface area contributed by atoms with Gasteiger partial charge < -0.3 is 5.32 Å². The topological polar surface area (TPSA) is 15.3 Å². The van der Waals surface area contributed by atoms with Crippen molar-refractivity contribution in [3.05, 3.63) is 0 Å². The summed E-state index contributed by atoms with van der Waals surface area (Å²) in [6.07, 6.45) is 5.25. The molecular formula is C16H34N2. The van der Waals surface area contributed by atoms with Crippen LogP contribution in [0.2, 0.25) is 0 Å². The SMILES string of the molecule is CCCC(C)N1CC(C(C)(C)C)NCC1CCC. The first-order valence-corrected chi connectivity index (χ1v) is 7.89. The van der Waals surface area contributed by atoms with Crippen LogP contribution in [0.3, 0.4) is 0 Å². The van der Waals surface area contributed by atoms with Gasteiger partial charge in [-0.3, -0.25) is 4.90 Å². The number of hydrogen-bond donors (Lipinski definition) is 1. The Morgan fingerprint density at radius 2 is 1.89 bits per heavy atom. The molecule has 0 amide bonds. The number of nitrogens with zero attached hydrogens (tertiary/aromatic N) is 1. The summed E-state index contributed by atoms with van der Waals surface area (Å²) in [6, 6.07) is 2.11. The van der Waals surface area contributed by atoms with E-state index in [1.165, 1.54) is 38.8 Å². The number of piperazine rings is 1. The first kappa shape index (κ1) is 16.0. The van der Waals surface area contributed by atoms with E-state index in [0.717, 1.165) is 12.1 Å². The standard InChI is InChI=1S/C16H34N2/c1-7-9-13(3)18-12-15(16(4,5)6)17-11-14(18)10-8-2/h13-15,17H,7-12H2,1-6H3. The van der Waals surface area contributed by atoms with Crippen molar-refractivity contribution in [1.82, 2.24) is 10.2 Å². The third-order valence-electron chi connectivity index (χ3n) is 4.40. The molecule has 1 aliphatic rings. The molecule has 0 saturated carbocycles. The van der Waals surface area contributed by atoms with Crippen molar-refractivity contribution >= 4 is 0 Å². The molecule has 2 heteroatoms. The van der Waals surface area contributed by atoms with Crippen LogP contribution in [0, 0.1) is 5.41 Å². The van der Waals surface area contributed by atoms with E-state index in [0.29, 0.717) is 11.5 Å². The molecule has 0 aromatic heterocycles. The molecule has 0 aromatic carbocycles. The van der Waals surface area contributed by atoms with Gasteiger partial charge in [0, 0.05) is 31.2 Å². The predicted octanol–water partition coefficient (Wildman–Crippen LogP) is 3.66. The van der Waals surface area contributed by atoms with Crippen molar-refractivity contribution in [2.24, 2.45) is 5.41 Å². The van der Waals surface area contributed by atoms with Crippen LogP contribution < -0.4 is 5.32 Å². The molecule has 3 unspecified atom stereocenters. The summed E-state index contributed by atoms with van der Waals surface area (Å²) >= 11 is 0. The number of rotatable bonds is 5. The molecule has 3 atom stereocenters. The van der Waals surface area contributed by atoms with Crippen LogP contribution in [0.15, 0.2) is 0 Å². The van der Waals surface area contributed by atoms with Gasteiger partial charge in [-0.05, 0) is 25.2 Å². The molecule has 0 radical (unpaired) electrons. The highest BCUT2D eigenvalue weighted by Crippen LogP contribution is 2.26. The largest absolute Gasteiger partial charge is 0.311 e. The summed E-state index contributed by atoms with van der Waals surface area (Å²) in [5, 5.41) is 3.78. The van der Waals surface area contributed by atoms with E-state index in [2.05, 4.69) is 51.8 Å². The Morgan fingerprint density at radius 3 is 2.39 bits per heavy atom. The quantitative estimate of drug-likeness (QED) is 0.805. The van der Waals surface area contributed by atoms with E-state index in [4.69, 9.17) is 0 Å². The maximum atomic E-state index is 3.78. The van der Waals surface area contributed by atoms with Crippen molar-refractivity contribution < 1.29 is 0 Å². The van der Waals surface area contributed by atoms with Gasteiger partial charge in [0.15, 0.2) is 0 Å². The van der Waals surface area contributed by atoms with E-state index in [1.807, 2.05) is 0 Å². The lowest BCUT2D eigenvalue weighted by Gasteiger charge is -2.47. The summed E-state index contributed by atoms with van der Waals surface area (Å²) in [5.41, 5.74) is 0.362. The lowest BCUT2D eigenvalue weighted by molar-refractivity contribution is 0.0479. The predicted molar refractivity (Wildman–Crippen MR) is 81.0 cm³/mol. The minimum atomic E-state index is 0.362. The van der Waals surface area contributed by atoms with Crippen LogP contribution >= 0.6 is 0 Å². The molecule has 0 aromatic rings. The maximum absolute atomic E-state index is 3.78. The molecule has 1 saturated heterocycles. The summed E-state index contributed by atoms with van der Waals surface area (Å²) < 4.78 is 0. The molecule has 1 aliphatic heterocycles. The van der Waals surface area contributed by atoms with Crippen LogP contribution in [-0.2, 0) is 0 Å². The highest BCUT2D eigenvalue weighted by Gasteiger charge is 2.35. The Kier molecular flexibility index (Phi) is 6.13. The number of nitrogens with one attached hydrogen (secondary N) is 1. The van der Waals surface area contributed by atoms with Gasteiger partial charge in [-0.15, -0.1) is 0 Å². The van der Waals surface area contributed by atoms with Gasteiger partial charge in [-0.2, -0.15) is 0 Å². The second-order valence-corrected chi connectivity index (χ2v) is 7.10. The zero-order valence-electron chi connectivity index (χ0n) is 13.4. The molecule has 1 fully saturated rings. The van der Waals surface area contributed by atoms with Crippen LogP contribution in [0.25, 0.3) is 0 Å². The molecule has 18 heavy (non-hydrogen) atoms. The highest BCUT2D eigenvalue weighted by atomic mass is 15.3. The van der Waals surface area contributed by atoms with E-state index in [9.17, 15) is 0 Å². The summed E-state index contributed by atoms with van der Waals surface area (Å²) in [4.78, 5) is 2.78. The monoisotopic (exact) mass is 254 g/mol. The average molecular weight is 254 g/mol. The Hall–Kier alpha value is -0.0800. The molecule has 2 nitrogen and oxygen atoms in total. The van der Waals surface area contributed by atoms with E-state index < -0.39 is 0 Å². The van der Waals surface area contributed by atoms with Crippen LogP contribution in [0.5, 0.6) is 0 Å². The second kappa shape index (κ2) is 6.91. The van der Waals surface area contributed by atoms with Crippen molar-refractivity contribution in [2.75, 3.05) is 13.1 Å². The zero-order chi connectivity index (χ0) is 13.8. The van der Waals surface area contributed by atoms with Gasteiger partial charge in [-0.25, -0.2) is 0 Å². The van der Waals surface area contributed by atoms with E-state index in [1.54, 1.807) is 0 Å². The molecular weight excluding hydrogens is 220 g/mol. The Balaban J connectivity index is 2.69. The lowest BCUT2D eigenvalue weighted by atomic mass is 9.84. The fourth-order valence-corrected chi connectivity index (χ4v) is 3.12. The van der Waals surface area contributed by atoms with Crippen molar-refractivity contribution in [3.63, 3.8) is 0 Å². The van der Waals surface area contributed by atoms with Gasteiger partial charge in [0.1, 0.15) is 0 Å². The van der Waals surface area contributed by atoms with E-state index in [-0.39, 0.29) is 0 Å². The van der Waals surface area contributed by atoms with Crippen LogP contribution in [0.1, 0.15) is 67.2 Å². The molecule has 0 aliphatic carbocycles. The summed E-state index contributed by atoms with van der Waals surface area (Å²) in [5.74, 6) is 0. The molecule has 1 heterocycles. The Morgan fingerprint density at radius 1 is 1.22 bits per heavy atom. The molecule has 0 spiro atoms. The van der Waals surface area contributed by atoms with Crippen molar-refractivity contribution in [3.8, 4) is 0 Å². The highest BCUT2D eigenvalue weighted by molar-refractivity contribution is 4.93. The van der Waals surface area contributed by atoms with Crippen LogP contribution in [-0.4, -0.2) is 36.1 Å². The van der Waals surface area contributed by atoms with Gasteiger partial charge in [0.2, 0.25) is 0 Å². The molecule has 1 N–H and O–H groups in total. The van der Waals surface area contributed by atoms with E-state index >= 15 is 0 Å². The number of hydrogen-bond acceptors (Lipinski definition) is 2. The second-order valence-electron chi connectivity index (χ2n) is 7.10. The van der Waals surface area contributed by atoms with Crippen molar-refractivity contribution in [1.29, 1.82) is 0 Å². The van der Waals surface area contributed by atoms with Gasteiger partial charge in [-0.1, -0.05) is 47.5 Å². The summed E-state index contributed by atoms with van der Waals surface area (Å²) in [7, 11) is 0. The third kappa shape index (κ3) is 4.24. The lowest BCUT2D eigenvalue weighted by Crippen LogP contribution is -2.62. The Bertz CT molecular complexity index is 232. The van der Waals surface area contributed by atoms with Crippen LogP contribution in [0.4, 0.5) is 0 Å². The first-order chi connectivity index (χ1) is 8.40. The summed E-state index contributed by atoms with van der Waals surface area (Å²) in [6.45, 7) is 16.5. The third-order valence-corrected chi connectivity index (χ3v) is 4.40. The average Bonchev–Trinajstić information content (AvgIpc) is 2.28. The minimum absolute atomic E-state index is 0.362. The normalized spacial score (nSPS) is 28.3. The Labute approximate surface area is 115 Å². The molecule has 0 bridgehead atoms. The minimum Gasteiger partial charge on any atom is -0.311 e. The van der Waals surface area contributed by atoms with Crippen molar-refractivity contribution in [2.45, 2.75) is 85.4 Å². The zero-order valence-corrected chi connectivity index (χ0v) is 13.4. The van der Waals surface area contributed by atoms with Gasteiger partial charge in [0.25, 0.3) is 0 Å². The maximum Gasteiger partial charge on any atom is 0.0244 e. The fourth-order valence-electron chi connectivity index (χ4n) is 3.12. The molecule has 1 rings (SSSR count).